The van der Waals surface area contributed by atoms with Crippen LogP contribution in [0.5, 0.6) is 0 Å². The predicted octanol–water partition coefficient (Wildman–Crippen LogP) is 5.59. The van der Waals surface area contributed by atoms with Crippen molar-refractivity contribution >= 4 is 38.9 Å². The molecule has 3 aromatic rings. The van der Waals surface area contributed by atoms with E-state index in [1.807, 2.05) is 68.4 Å². The average molecular weight is 436 g/mol. The highest BCUT2D eigenvalue weighted by molar-refractivity contribution is 9.10. The average Bonchev–Trinajstić information content (AvgIpc) is 2.68. The Morgan fingerprint density at radius 2 is 1.75 bits per heavy atom. The molecule has 0 fully saturated rings. The van der Waals surface area contributed by atoms with Gasteiger partial charge in [-0.15, -0.1) is 0 Å². The number of anilines is 3. The summed E-state index contributed by atoms with van der Waals surface area (Å²) in [4.78, 5) is 17.4. The van der Waals surface area contributed by atoms with Gasteiger partial charge < -0.3 is 10.2 Å². The lowest BCUT2D eigenvalue weighted by Gasteiger charge is -2.38. The van der Waals surface area contributed by atoms with E-state index >= 15 is 0 Å². The van der Waals surface area contributed by atoms with Crippen molar-refractivity contribution in [3.05, 3.63) is 87.9 Å². The third-order valence-corrected chi connectivity index (χ3v) is 5.48. The number of carbonyl (C=O) groups excluding carboxylic acids is 1. The summed E-state index contributed by atoms with van der Waals surface area (Å²) in [5.41, 5.74) is 5.67. The minimum atomic E-state index is -0.279. The van der Waals surface area contributed by atoms with Crippen molar-refractivity contribution in [2.24, 2.45) is 0 Å². The Morgan fingerprint density at radius 1 is 1.00 bits per heavy atom. The van der Waals surface area contributed by atoms with Crippen LogP contribution in [0.2, 0.25) is 0 Å². The second-order valence-electron chi connectivity index (χ2n) is 7.24. The number of carbonyl (C=O) groups is 1. The molecule has 1 amide bonds. The first-order valence-electron chi connectivity index (χ1n) is 9.17. The zero-order chi connectivity index (χ0) is 19.8. The molecule has 0 bridgehead atoms. The van der Waals surface area contributed by atoms with Gasteiger partial charge in [-0.25, -0.2) is 0 Å². The highest BCUT2D eigenvalue weighted by atomic mass is 79.9. The van der Waals surface area contributed by atoms with Gasteiger partial charge in [-0.3, -0.25) is 9.69 Å². The number of nitrogens with one attached hydrogen (secondary N) is 1. The van der Waals surface area contributed by atoms with Crippen molar-refractivity contribution in [3.8, 4) is 0 Å². The number of rotatable bonds is 3. The molecule has 28 heavy (non-hydrogen) atoms. The van der Waals surface area contributed by atoms with Gasteiger partial charge in [0.15, 0.2) is 0 Å². The summed E-state index contributed by atoms with van der Waals surface area (Å²) in [6.45, 7) is 2.04. The number of aryl methyl sites for hydroxylation is 1. The maximum atomic E-state index is 13.5. The van der Waals surface area contributed by atoms with Crippen LogP contribution in [0.1, 0.15) is 27.7 Å². The van der Waals surface area contributed by atoms with Crippen molar-refractivity contribution in [1.29, 1.82) is 0 Å². The van der Waals surface area contributed by atoms with E-state index in [2.05, 4.69) is 50.4 Å². The van der Waals surface area contributed by atoms with Crippen LogP contribution in [0.25, 0.3) is 0 Å². The fourth-order valence-corrected chi connectivity index (χ4v) is 3.87. The number of hydrogen-bond acceptors (Lipinski definition) is 3. The van der Waals surface area contributed by atoms with E-state index < -0.39 is 0 Å². The maximum Gasteiger partial charge on any atom is 0.262 e. The molecule has 1 aliphatic rings. The van der Waals surface area contributed by atoms with Crippen LogP contribution in [-0.4, -0.2) is 20.0 Å². The molecule has 0 saturated heterocycles. The Morgan fingerprint density at radius 3 is 2.43 bits per heavy atom. The summed E-state index contributed by atoms with van der Waals surface area (Å²) in [5, 5.41) is 3.56. The van der Waals surface area contributed by atoms with Crippen molar-refractivity contribution in [2.45, 2.75) is 13.1 Å². The monoisotopic (exact) mass is 435 g/mol. The second kappa shape index (κ2) is 7.32. The molecule has 0 saturated carbocycles. The summed E-state index contributed by atoms with van der Waals surface area (Å²) >= 11 is 3.48. The molecule has 3 aromatic carbocycles. The van der Waals surface area contributed by atoms with Gasteiger partial charge in [-0.2, -0.15) is 0 Å². The normalized spacial score (nSPS) is 15.8. The van der Waals surface area contributed by atoms with E-state index in [4.69, 9.17) is 0 Å². The SMILES string of the molecule is Cc1cccc(N2C(=O)c3cc(Br)ccc3NC2c2ccc(N(C)C)cc2)c1. The third-order valence-electron chi connectivity index (χ3n) is 4.99. The van der Waals surface area contributed by atoms with E-state index in [9.17, 15) is 4.79 Å². The van der Waals surface area contributed by atoms with Crippen LogP contribution in [0.4, 0.5) is 17.1 Å². The number of nitrogens with zero attached hydrogens (tertiary/aromatic N) is 2. The maximum absolute atomic E-state index is 13.5. The van der Waals surface area contributed by atoms with Crippen LogP contribution in [0.3, 0.4) is 0 Å². The van der Waals surface area contributed by atoms with Crippen molar-refractivity contribution < 1.29 is 4.79 Å². The number of hydrogen-bond donors (Lipinski definition) is 1. The van der Waals surface area contributed by atoms with Gasteiger partial charge in [-0.05, 0) is 60.5 Å². The minimum Gasteiger partial charge on any atom is -0.378 e. The van der Waals surface area contributed by atoms with Crippen LogP contribution < -0.4 is 15.1 Å². The highest BCUT2D eigenvalue weighted by Crippen LogP contribution is 2.38. The summed E-state index contributed by atoms with van der Waals surface area (Å²) in [6, 6.07) is 22.1. The first-order valence-corrected chi connectivity index (χ1v) is 9.97. The molecule has 5 heteroatoms. The van der Waals surface area contributed by atoms with Gasteiger partial charge in [-0.1, -0.05) is 40.2 Å². The fraction of sp³-hybridized carbons (Fsp3) is 0.174. The minimum absolute atomic E-state index is 0.0117. The summed E-state index contributed by atoms with van der Waals surface area (Å²) < 4.78 is 0.888. The number of amides is 1. The topological polar surface area (TPSA) is 35.6 Å². The van der Waals surface area contributed by atoms with E-state index in [1.165, 1.54) is 0 Å². The Hall–Kier alpha value is -2.79. The van der Waals surface area contributed by atoms with Gasteiger partial charge in [0.2, 0.25) is 0 Å². The number of fused-ring (bicyclic) bond motifs is 1. The van der Waals surface area contributed by atoms with Crippen molar-refractivity contribution in [3.63, 3.8) is 0 Å². The van der Waals surface area contributed by atoms with Crippen LogP contribution in [0.15, 0.2) is 71.2 Å². The van der Waals surface area contributed by atoms with Gasteiger partial charge in [0.25, 0.3) is 5.91 Å². The molecule has 1 heterocycles. The number of halogens is 1. The lowest BCUT2D eigenvalue weighted by atomic mass is 10.0. The van der Waals surface area contributed by atoms with Crippen molar-refractivity contribution in [1.82, 2.24) is 0 Å². The largest absolute Gasteiger partial charge is 0.378 e. The van der Waals surface area contributed by atoms with E-state index in [0.29, 0.717) is 5.56 Å². The van der Waals surface area contributed by atoms with Crippen LogP contribution >= 0.6 is 15.9 Å². The summed E-state index contributed by atoms with van der Waals surface area (Å²) in [6.07, 6.45) is -0.279. The summed E-state index contributed by atoms with van der Waals surface area (Å²) in [5.74, 6) is -0.0117. The van der Waals surface area contributed by atoms with Crippen LogP contribution in [-0.2, 0) is 0 Å². The Balaban J connectivity index is 1.83. The first-order chi connectivity index (χ1) is 13.4. The predicted molar refractivity (Wildman–Crippen MR) is 119 cm³/mol. The number of benzene rings is 3. The lowest BCUT2D eigenvalue weighted by molar-refractivity contribution is 0.0975. The van der Waals surface area contributed by atoms with Gasteiger partial charge >= 0.3 is 0 Å². The van der Waals surface area contributed by atoms with E-state index in [0.717, 1.165) is 32.7 Å². The second-order valence-corrected chi connectivity index (χ2v) is 8.15. The molecule has 0 aliphatic carbocycles. The first kappa shape index (κ1) is 18.6. The molecule has 0 radical (unpaired) electrons. The highest BCUT2D eigenvalue weighted by Gasteiger charge is 2.34. The van der Waals surface area contributed by atoms with Crippen LogP contribution in [0, 0.1) is 6.92 Å². The van der Waals surface area contributed by atoms with Crippen molar-refractivity contribution in [2.75, 3.05) is 29.2 Å². The molecular formula is C23H22BrN3O. The van der Waals surface area contributed by atoms with Gasteiger partial charge in [0.1, 0.15) is 6.17 Å². The molecule has 1 atom stereocenters. The molecule has 1 aliphatic heterocycles. The third kappa shape index (κ3) is 3.38. The van der Waals surface area contributed by atoms with E-state index in [-0.39, 0.29) is 12.1 Å². The Kier molecular flexibility index (Phi) is 4.85. The standard InChI is InChI=1S/C23H22BrN3O/c1-15-5-4-6-19(13-15)27-22(16-7-10-18(11-8-16)26(2)3)25-21-12-9-17(24)14-20(21)23(27)28/h4-14,22,25H,1-3H3. The fourth-order valence-electron chi connectivity index (χ4n) is 3.51. The van der Waals surface area contributed by atoms with Gasteiger partial charge in [0, 0.05) is 35.6 Å². The molecule has 0 aromatic heterocycles. The molecule has 142 valence electrons. The molecular weight excluding hydrogens is 414 g/mol. The van der Waals surface area contributed by atoms with E-state index in [1.54, 1.807) is 0 Å². The zero-order valence-corrected chi connectivity index (χ0v) is 17.7. The quantitative estimate of drug-likeness (QED) is 0.581. The smallest absolute Gasteiger partial charge is 0.262 e. The summed E-state index contributed by atoms with van der Waals surface area (Å²) in [7, 11) is 4.04. The Bertz CT molecular complexity index is 1030. The molecule has 0 spiro atoms. The lowest BCUT2D eigenvalue weighted by Crippen LogP contribution is -2.43. The molecule has 4 nitrogen and oxygen atoms in total. The van der Waals surface area contributed by atoms with Gasteiger partial charge in [0.05, 0.1) is 5.56 Å². The molecule has 1 N–H and O–H groups in total. The molecule has 4 rings (SSSR count). The Labute approximate surface area is 173 Å². The zero-order valence-electron chi connectivity index (χ0n) is 16.1. The molecule has 1 unspecified atom stereocenters.